The van der Waals surface area contributed by atoms with Gasteiger partial charge in [-0.2, -0.15) is 0 Å². The van der Waals surface area contributed by atoms with Gasteiger partial charge in [-0.05, 0) is 35.9 Å². The Kier molecular flexibility index (Phi) is 5.76. The first-order chi connectivity index (χ1) is 11.7. The van der Waals surface area contributed by atoms with Gasteiger partial charge in [0.2, 0.25) is 15.9 Å². The molecule has 0 unspecified atom stereocenters. The van der Waals surface area contributed by atoms with Gasteiger partial charge in [0.1, 0.15) is 16.5 Å². The second-order valence-electron chi connectivity index (χ2n) is 5.51. The molecular formula is C17H19FN2O4S. The van der Waals surface area contributed by atoms with Gasteiger partial charge in [0, 0.05) is 19.8 Å². The Bertz CT molecular complexity index is 882. The molecule has 0 saturated heterocycles. The first kappa shape index (κ1) is 18.9. The van der Waals surface area contributed by atoms with E-state index in [9.17, 15) is 17.6 Å². The van der Waals surface area contributed by atoms with Crippen LogP contribution in [0.4, 0.5) is 10.1 Å². The van der Waals surface area contributed by atoms with Crippen molar-refractivity contribution in [1.29, 1.82) is 0 Å². The van der Waals surface area contributed by atoms with E-state index in [1.54, 1.807) is 6.07 Å². The Labute approximate surface area is 146 Å². The van der Waals surface area contributed by atoms with Crippen molar-refractivity contribution in [2.45, 2.75) is 11.3 Å². The number of carbonyl (C=O) groups is 1. The molecule has 0 aliphatic carbocycles. The molecule has 0 spiro atoms. The van der Waals surface area contributed by atoms with Crippen LogP contribution in [0.1, 0.15) is 5.56 Å². The number of methoxy groups -OCH3 is 1. The van der Waals surface area contributed by atoms with Crippen molar-refractivity contribution in [3.05, 3.63) is 53.8 Å². The van der Waals surface area contributed by atoms with E-state index in [0.29, 0.717) is 11.3 Å². The van der Waals surface area contributed by atoms with E-state index in [-0.39, 0.29) is 23.0 Å². The molecule has 1 amide bonds. The molecule has 6 nitrogen and oxygen atoms in total. The molecule has 2 aromatic carbocycles. The number of nitrogens with zero attached hydrogens (tertiary/aromatic N) is 1. The summed E-state index contributed by atoms with van der Waals surface area (Å²) >= 11 is 0. The fourth-order valence-corrected chi connectivity index (χ4v) is 3.27. The number of benzene rings is 2. The smallest absolute Gasteiger partial charge is 0.246 e. The number of hydrogen-bond acceptors (Lipinski definition) is 4. The Hall–Kier alpha value is -2.45. The van der Waals surface area contributed by atoms with Gasteiger partial charge < -0.3 is 10.1 Å². The first-order valence-electron chi connectivity index (χ1n) is 7.39. The van der Waals surface area contributed by atoms with Gasteiger partial charge >= 0.3 is 0 Å². The van der Waals surface area contributed by atoms with Crippen LogP contribution in [-0.4, -0.2) is 39.8 Å². The second-order valence-corrected chi connectivity index (χ2v) is 7.63. The number of halogens is 1. The number of ether oxygens (including phenoxy) is 1. The Morgan fingerprint density at radius 3 is 2.52 bits per heavy atom. The third-order valence-corrected chi connectivity index (χ3v) is 5.30. The number of amides is 1. The lowest BCUT2D eigenvalue weighted by Gasteiger charge is -2.16. The molecule has 0 aromatic heterocycles. The molecule has 0 atom stereocenters. The molecule has 0 radical (unpaired) electrons. The topological polar surface area (TPSA) is 75.7 Å². The minimum atomic E-state index is -3.74. The molecule has 0 fully saturated rings. The van der Waals surface area contributed by atoms with E-state index in [1.807, 2.05) is 0 Å². The van der Waals surface area contributed by atoms with Crippen molar-refractivity contribution in [3.63, 3.8) is 0 Å². The summed E-state index contributed by atoms with van der Waals surface area (Å²) in [6.45, 7) is 0. The average molecular weight is 366 g/mol. The van der Waals surface area contributed by atoms with E-state index in [2.05, 4.69) is 5.32 Å². The summed E-state index contributed by atoms with van der Waals surface area (Å²) in [6.07, 6.45) is -0.0282. The maximum atomic E-state index is 13.2. The van der Waals surface area contributed by atoms with E-state index in [0.717, 1.165) is 4.31 Å². The summed E-state index contributed by atoms with van der Waals surface area (Å²) in [5, 5.41) is 2.61. The summed E-state index contributed by atoms with van der Waals surface area (Å²) in [7, 11) is 0.446. The monoisotopic (exact) mass is 366 g/mol. The molecule has 2 aromatic rings. The highest BCUT2D eigenvalue weighted by molar-refractivity contribution is 7.89. The molecule has 0 aliphatic heterocycles. The van der Waals surface area contributed by atoms with Gasteiger partial charge in [0.25, 0.3) is 0 Å². The number of anilines is 1. The van der Waals surface area contributed by atoms with E-state index in [1.165, 1.54) is 57.6 Å². The lowest BCUT2D eigenvalue weighted by molar-refractivity contribution is -0.115. The molecule has 0 aliphatic rings. The zero-order valence-corrected chi connectivity index (χ0v) is 14.9. The molecule has 1 N–H and O–H groups in total. The summed E-state index contributed by atoms with van der Waals surface area (Å²) < 4.78 is 44.1. The van der Waals surface area contributed by atoms with Crippen molar-refractivity contribution in [3.8, 4) is 5.75 Å². The highest BCUT2D eigenvalue weighted by Crippen LogP contribution is 2.28. The second kappa shape index (κ2) is 7.62. The molecule has 0 saturated carbocycles. The summed E-state index contributed by atoms with van der Waals surface area (Å²) in [6, 6.07) is 10.1. The predicted octanol–water partition coefficient (Wildman–Crippen LogP) is 2.27. The minimum Gasteiger partial charge on any atom is -0.495 e. The van der Waals surface area contributed by atoms with E-state index < -0.39 is 15.8 Å². The molecule has 25 heavy (non-hydrogen) atoms. The Balaban J connectivity index is 2.24. The van der Waals surface area contributed by atoms with E-state index in [4.69, 9.17) is 4.74 Å². The summed E-state index contributed by atoms with van der Waals surface area (Å²) in [5.41, 5.74) is 0.828. The average Bonchev–Trinajstić information content (AvgIpc) is 2.54. The third kappa shape index (κ3) is 4.55. The summed E-state index contributed by atoms with van der Waals surface area (Å²) in [4.78, 5) is 12.1. The van der Waals surface area contributed by atoms with Crippen LogP contribution in [0.15, 0.2) is 47.4 Å². The van der Waals surface area contributed by atoms with Gasteiger partial charge in [-0.1, -0.05) is 12.1 Å². The van der Waals surface area contributed by atoms with Crippen molar-refractivity contribution in [1.82, 2.24) is 4.31 Å². The standard InChI is InChI=1S/C17H19FN2O4S/c1-20(2)25(22,23)16-11-14(7-8-15(16)24-3)19-17(21)10-12-5-4-6-13(18)9-12/h4-9,11H,10H2,1-3H3,(H,19,21). The lowest BCUT2D eigenvalue weighted by Crippen LogP contribution is -2.23. The van der Waals surface area contributed by atoms with Crippen molar-refractivity contribution in [2.24, 2.45) is 0 Å². The van der Waals surface area contributed by atoms with Crippen LogP contribution in [-0.2, 0) is 21.2 Å². The number of nitrogens with one attached hydrogen (secondary N) is 1. The summed E-state index contributed by atoms with van der Waals surface area (Å²) in [5.74, 6) is -0.630. The van der Waals surface area contributed by atoms with Crippen LogP contribution in [0.3, 0.4) is 0 Å². The molecule has 0 heterocycles. The number of rotatable bonds is 6. The Morgan fingerprint density at radius 2 is 1.92 bits per heavy atom. The molecule has 2 rings (SSSR count). The van der Waals surface area contributed by atoms with Crippen molar-refractivity contribution < 1.29 is 22.3 Å². The number of carbonyl (C=O) groups excluding carboxylic acids is 1. The fourth-order valence-electron chi connectivity index (χ4n) is 2.19. The zero-order valence-electron chi connectivity index (χ0n) is 14.1. The van der Waals surface area contributed by atoms with Crippen LogP contribution >= 0.6 is 0 Å². The maximum absolute atomic E-state index is 13.2. The van der Waals surface area contributed by atoms with Gasteiger partial charge in [-0.3, -0.25) is 4.79 Å². The first-order valence-corrected chi connectivity index (χ1v) is 8.83. The van der Waals surface area contributed by atoms with Crippen LogP contribution in [0.25, 0.3) is 0 Å². The zero-order chi connectivity index (χ0) is 18.6. The van der Waals surface area contributed by atoms with Crippen LogP contribution in [0, 0.1) is 5.82 Å². The van der Waals surface area contributed by atoms with Crippen molar-refractivity contribution >= 4 is 21.6 Å². The SMILES string of the molecule is COc1ccc(NC(=O)Cc2cccc(F)c2)cc1S(=O)(=O)N(C)C. The van der Waals surface area contributed by atoms with Crippen molar-refractivity contribution in [2.75, 3.05) is 26.5 Å². The van der Waals surface area contributed by atoms with Gasteiger partial charge in [-0.15, -0.1) is 0 Å². The minimum absolute atomic E-state index is 0.0282. The normalized spacial score (nSPS) is 11.4. The molecule has 134 valence electrons. The lowest BCUT2D eigenvalue weighted by atomic mass is 10.1. The number of hydrogen-bond donors (Lipinski definition) is 1. The molecule has 8 heteroatoms. The van der Waals surface area contributed by atoms with Gasteiger partial charge in [0.15, 0.2) is 0 Å². The quantitative estimate of drug-likeness (QED) is 0.851. The maximum Gasteiger partial charge on any atom is 0.246 e. The fraction of sp³-hybridized carbons (Fsp3) is 0.235. The highest BCUT2D eigenvalue weighted by atomic mass is 32.2. The van der Waals surface area contributed by atoms with Gasteiger partial charge in [0.05, 0.1) is 13.5 Å². The molecule has 0 bridgehead atoms. The van der Waals surface area contributed by atoms with Crippen LogP contribution in [0.2, 0.25) is 0 Å². The number of sulfonamides is 1. The Morgan fingerprint density at radius 1 is 1.20 bits per heavy atom. The highest BCUT2D eigenvalue weighted by Gasteiger charge is 2.23. The third-order valence-electron chi connectivity index (χ3n) is 3.46. The van der Waals surface area contributed by atoms with Gasteiger partial charge in [-0.25, -0.2) is 17.1 Å². The largest absolute Gasteiger partial charge is 0.495 e. The van der Waals surface area contributed by atoms with Crippen LogP contribution < -0.4 is 10.1 Å². The van der Waals surface area contributed by atoms with Crippen LogP contribution in [0.5, 0.6) is 5.75 Å². The molecular weight excluding hydrogens is 347 g/mol. The predicted molar refractivity (Wildman–Crippen MR) is 92.6 cm³/mol. The van der Waals surface area contributed by atoms with E-state index >= 15 is 0 Å².